The van der Waals surface area contributed by atoms with Gasteiger partial charge in [0.15, 0.2) is 0 Å². The molecule has 0 saturated carbocycles. The summed E-state index contributed by atoms with van der Waals surface area (Å²) < 4.78 is 11.9. The van der Waals surface area contributed by atoms with E-state index in [-0.39, 0.29) is 0 Å². The monoisotopic (exact) mass is 327 g/mol. The fourth-order valence-electron chi connectivity index (χ4n) is 3.09. The molecule has 0 aliphatic carbocycles. The van der Waals surface area contributed by atoms with Crippen LogP contribution in [-0.2, 0) is 13.0 Å². The average molecular weight is 327 g/mol. The Morgan fingerprint density at radius 3 is 2.83 bits per heavy atom. The zero-order chi connectivity index (χ0) is 17.1. The highest BCUT2D eigenvalue weighted by atomic mass is 16.5. The molecule has 1 aliphatic heterocycles. The van der Waals surface area contributed by atoms with E-state index in [1.54, 1.807) is 0 Å². The summed E-state index contributed by atoms with van der Waals surface area (Å²) in [6, 6.07) is 9.88. The Hall–Kier alpha value is -2.04. The average Bonchev–Trinajstić information content (AvgIpc) is 3.08. The minimum Gasteiger partial charge on any atom is -0.493 e. The summed E-state index contributed by atoms with van der Waals surface area (Å²) >= 11 is 0. The van der Waals surface area contributed by atoms with Crippen LogP contribution in [0.5, 0.6) is 17.2 Å². The number of aliphatic hydroxyl groups is 1. The first kappa shape index (κ1) is 16.8. The molecule has 128 valence electrons. The zero-order valence-corrected chi connectivity index (χ0v) is 14.6. The van der Waals surface area contributed by atoms with Crippen molar-refractivity contribution in [2.45, 2.75) is 39.3 Å². The summed E-state index contributed by atoms with van der Waals surface area (Å²) in [5.41, 5.74) is 4.31. The highest BCUT2D eigenvalue weighted by Gasteiger charge is 2.18. The van der Waals surface area contributed by atoms with E-state index in [2.05, 4.69) is 12.2 Å². The lowest BCUT2D eigenvalue weighted by molar-refractivity contribution is 0.173. The lowest BCUT2D eigenvalue weighted by Crippen LogP contribution is -2.07. The minimum atomic E-state index is -0.467. The molecule has 2 aromatic carbocycles. The van der Waals surface area contributed by atoms with Crippen molar-refractivity contribution < 1.29 is 14.6 Å². The quantitative estimate of drug-likeness (QED) is 0.845. The van der Waals surface area contributed by atoms with Crippen molar-refractivity contribution in [2.24, 2.45) is 0 Å². The highest BCUT2D eigenvalue weighted by Crippen LogP contribution is 2.37. The van der Waals surface area contributed by atoms with E-state index in [0.717, 1.165) is 47.0 Å². The molecular formula is C20H25NO3. The Balaban J connectivity index is 1.96. The maximum atomic E-state index is 10.1. The van der Waals surface area contributed by atoms with Gasteiger partial charge in [-0.05, 0) is 49.7 Å². The minimum absolute atomic E-state index is 0.467. The van der Waals surface area contributed by atoms with Gasteiger partial charge in [0, 0.05) is 24.1 Å². The number of rotatable bonds is 6. The summed E-state index contributed by atoms with van der Waals surface area (Å²) in [6.45, 7) is 5.50. The molecule has 2 aromatic rings. The molecular weight excluding hydrogens is 302 g/mol. The standard InChI is InChI=1S/C20H25NO3/c1-4-17(22)14-5-6-15(12-21-3)20(11-14)24-18-7-8-19-16(13(18)2)9-10-23-19/h5-8,11,17,21-22H,4,9-10,12H2,1-3H3. The van der Waals surface area contributed by atoms with Crippen molar-refractivity contribution in [3.63, 3.8) is 0 Å². The van der Waals surface area contributed by atoms with Crippen LogP contribution in [0.3, 0.4) is 0 Å². The van der Waals surface area contributed by atoms with Gasteiger partial charge in [0.2, 0.25) is 0 Å². The maximum Gasteiger partial charge on any atom is 0.132 e. The summed E-state index contributed by atoms with van der Waals surface area (Å²) in [6.07, 6.45) is 1.14. The second kappa shape index (κ2) is 7.24. The molecule has 1 aliphatic rings. The van der Waals surface area contributed by atoms with Crippen LogP contribution in [0.15, 0.2) is 30.3 Å². The smallest absolute Gasteiger partial charge is 0.132 e. The van der Waals surface area contributed by atoms with Gasteiger partial charge >= 0.3 is 0 Å². The van der Waals surface area contributed by atoms with Crippen molar-refractivity contribution >= 4 is 0 Å². The lowest BCUT2D eigenvalue weighted by Gasteiger charge is -2.17. The van der Waals surface area contributed by atoms with Crippen molar-refractivity contribution in [3.05, 3.63) is 52.6 Å². The summed E-state index contributed by atoms with van der Waals surface area (Å²) in [4.78, 5) is 0. The number of hydrogen-bond donors (Lipinski definition) is 2. The zero-order valence-electron chi connectivity index (χ0n) is 14.6. The van der Waals surface area contributed by atoms with E-state index in [1.807, 2.05) is 44.3 Å². The van der Waals surface area contributed by atoms with E-state index in [9.17, 15) is 5.11 Å². The Bertz CT molecular complexity index is 727. The first-order valence-corrected chi connectivity index (χ1v) is 8.52. The van der Waals surface area contributed by atoms with Crippen molar-refractivity contribution in [3.8, 4) is 17.2 Å². The third-order valence-electron chi connectivity index (χ3n) is 4.57. The van der Waals surface area contributed by atoms with Gasteiger partial charge in [-0.3, -0.25) is 0 Å². The van der Waals surface area contributed by atoms with Gasteiger partial charge in [-0.2, -0.15) is 0 Å². The summed E-state index contributed by atoms with van der Waals surface area (Å²) in [5.74, 6) is 2.60. The topological polar surface area (TPSA) is 50.7 Å². The number of aliphatic hydroxyl groups excluding tert-OH is 1. The van der Waals surface area contributed by atoms with Crippen LogP contribution in [0, 0.1) is 6.92 Å². The fourth-order valence-corrected chi connectivity index (χ4v) is 3.09. The summed E-state index contributed by atoms with van der Waals surface area (Å²) in [5, 5.41) is 13.3. The Labute approximate surface area is 143 Å². The second-order valence-electron chi connectivity index (χ2n) is 6.19. The molecule has 0 saturated heterocycles. The third kappa shape index (κ3) is 3.25. The van der Waals surface area contributed by atoms with Crippen molar-refractivity contribution in [1.29, 1.82) is 0 Å². The van der Waals surface area contributed by atoms with E-state index < -0.39 is 6.10 Å². The Morgan fingerprint density at radius 1 is 1.25 bits per heavy atom. The van der Waals surface area contributed by atoms with Crippen molar-refractivity contribution in [2.75, 3.05) is 13.7 Å². The van der Waals surface area contributed by atoms with Gasteiger partial charge in [0.05, 0.1) is 12.7 Å². The van der Waals surface area contributed by atoms with Crippen LogP contribution in [0.25, 0.3) is 0 Å². The number of benzene rings is 2. The van der Waals surface area contributed by atoms with E-state index in [4.69, 9.17) is 9.47 Å². The molecule has 0 aromatic heterocycles. The Morgan fingerprint density at radius 2 is 2.08 bits per heavy atom. The third-order valence-corrected chi connectivity index (χ3v) is 4.57. The van der Waals surface area contributed by atoms with Gasteiger partial charge in [-0.1, -0.05) is 19.1 Å². The van der Waals surface area contributed by atoms with Crippen LogP contribution in [0.1, 0.15) is 41.7 Å². The molecule has 3 rings (SSSR count). The number of hydrogen-bond acceptors (Lipinski definition) is 4. The molecule has 4 heteroatoms. The van der Waals surface area contributed by atoms with Crippen LogP contribution in [-0.4, -0.2) is 18.8 Å². The van der Waals surface area contributed by atoms with E-state index in [0.29, 0.717) is 13.0 Å². The highest BCUT2D eigenvalue weighted by molar-refractivity contribution is 5.52. The molecule has 1 atom stereocenters. The predicted molar refractivity (Wildman–Crippen MR) is 94.9 cm³/mol. The number of fused-ring (bicyclic) bond motifs is 1. The molecule has 0 spiro atoms. The van der Waals surface area contributed by atoms with Gasteiger partial charge in [0.25, 0.3) is 0 Å². The van der Waals surface area contributed by atoms with Crippen LogP contribution in [0.4, 0.5) is 0 Å². The second-order valence-corrected chi connectivity index (χ2v) is 6.19. The maximum absolute atomic E-state index is 10.1. The lowest BCUT2D eigenvalue weighted by atomic mass is 10.0. The van der Waals surface area contributed by atoms with Crippen LogP contribution < -0.4 is 14.8 Å². The number of nitrogens with one attached hydrogen (secondary N) is 1. The van der Waals surface area contributed by atoms with Crippen LogP contribution >= 0.6 is 0 Å². The summed E-state index contributed by atoms with van der Waals surface area (Å²) in [7, 11) is 1.91. The van der Waals surface area contributed by atoms with E-state index in [1.165, 1.54) is 5.56 Å². The van der Waals surface area contributed by atoms with Gasteiger partial charge in [-0.25, -0.2) is 0 Å². The van der Waals surface area contributed by atoms with Gasteiger partial charge in [-0.15, -0.1) is 0 Å². The molecule has 0 fully saturated rings. The number of ether oxygens (including phenoxy) is 2. The molecule has 1 unspecified atom stereocenters. The SMILES string of the molecule is CCC(O)c1ccc(CNC)c(Oc2ccc3c(c2C)CCO3)c1. The molecule has 0 bridgehead atoms. The molecule has 0 radical (unpaired) electrons. The largest absolute Gasteiger partial charge is 0.493 e. The van der Waals surface area contributed by atoms with E-state index >= 15 is 0 Å². The first-order valence-electron chi connectivity index (χ1n) is 8.52. The van der Waals surface area contributed by atoms with Gasteiger partial charge < -0.3 is 19.9 Å². The Kier molecular flexibility index (Phi) is 5.07. The van der Waals surface area contributed by atoms with Gasteiger partial charge in [0.1, 0.15) is 17.2 Å². The molecule has 2 N–H and O–H groups in total. The molecule has 0 amide bonds. The van der Waals surface area contributed by atoms with Crippen molar-refractivity contribution in [1.82, 2.24) is 5.32 Å². The molecule has 24 heavy (non-hydrogen) atoms. The predicted octanol–water partition coefficient (Wildman–Crippen LogP) is 3.89. The van der Waals surface area contributed by atoms with Crippen LogP contribution in [0.2, 0.25) is 0 Å². The molecule has 4 nitrogen and oxygen atoms in total. The first-order chi connectivity index (χ1) is 11.6. The normalized spacial score (nSPS) is 14.2. The molecule has 1 heterocycles. The fraction of sp³-hybridized carbons (Fsp3) is 0.400.